The summed E-state index contributed by atoms with van der Waals surface area (Å²) in [6, 6.07) is 16.4. The molecule has 2 N–H and O–H groups in total. The fourth-order valence-electron chi connectivity index (χ4n) is 2.94. The van der Waals surface area contributed by atoms with Crippen LogP contribution in [0.15, 0.2) is 48.5 Å². The molecule has 2 aliphatic rings. The molecule has 5 heteroatoms. The van der Waals surface area contributed by atoms with E-state index >= 15 is 0 Å². The first-order valence-corrected chi connectivity index (χ1v) is 7.85. The zero-order chi connectivity index (χ0) is 15.9. The van der Waals surface area contributed by atoms with Gasteiger partial charge in [-0.05, 0) is 72.8 Å². The van der Waals surface area contributed by atoms with Crippen LogP contribution in [-0.2, 0) is 0 Å². The van der Waals surface area contributed by atoms with Crippen LogP contribution in [0.25, 0.3) is 46.4 Å². The molecule has 8 bridgehead atoms. The van der Waals surface area contributed by atoms with E-state index in [-0.39, 0.29) is 39.9 Å². The third-order valence-electron chi connectivity index (χ3n) is 4.04. The van der Waals surface area contributed by atoms with Crippen molar-refractivity contribution in [3.8, 4) is 0 Å². The van der Waals surface area contributed by atoms with Gasteiger partial charge in [0.15, 0.2) is 0 Å². The van der Waals surface area contributed by atoms with Gasteiger partial charge in [-0.1, -0.05) is 0 Å². The second-order valence-electron chi connectivity index (χ2n) is 5.91. The van der Waals surface area contributed by atoms with Gasteiger partial charge in [0.05, 0.1) is 22.8 Å². The molecule has 5 rings (SSSR count). The third-order valence-corrected chi connectivity index (χ3v) is 4.04. The first-order valence-electron chi connectivity index (χ1n) is 7.85. The summed E-state index contributed by atoms with van der Waals surface area (Å²) in [6.45, 7) is 0. The monoisotopic (exact) mass is 468 g/mol. The molecule has 0 atom stereocenters. The number of hydrogen-bond acceptors (Lipinski definition) is 2. The van der Waals surface area contributed by atoms with E-state index in [0.29, 0.717) is 0 Å². The number of fused-ring (bicyclic) bond motifs is 8. The van der Waals surface area contributed by atoms with Crippen molar-refractivity contribution in [1.82, 2.24) is 19.9 Å². The Morgan fingerprint density at radius 2 is 0.760 bits per heavy atom. The van der Waals surface area contributed by atoms with Crippen molar-refractivity contribution >= 4 is 46.4 Å². The molecule has 0 unspecified atom stereocenters. The number of aromatic amines is 2. The molecule has 2 aliphatic heterocycles. The van der Waals surface area contributed by atoms with E-state index in [1.54, 1.807) is 0 Å². The maximum atomic E-state index is 4.63. The first-order chi connectivity index (χ1) is 11.8. The van der Waals surface area contributed by atoms with Crippen LogP contribution in [-0.4, -0.2) is 19.9 Å². The van der Waals surface area contributed by atoms with Crippen LogP contribution in [0.1, 0.15) is 22.8 Å². The smallest absolute Gasteiger partial charge is 0.0658 e. The fraction of sp³-hybridized carbons (Fsp3) is 0. The minimum atomic E-state index is 0. The molecule has 0 aliphatic carbocycles. The number of rotatable bonds is 0. The number of nitrogens with one attached hydrogen (secondary N) is 2. The molecule has 25 heavy (non-hydrogen) atoms. The summed E-state index contributed by atoms with van der Waals surface area (Å²) in [5.41, 5.74) is 7.86. The van der Waals surface area contributed by atoms with E-state index in [4.69, 9.17) is 0 Å². The number of H-pyrrole nitrogens is 2. The Hall–Kier alpha value is -2.08. The molecular formula is C20H14GdN4. The zero-order valence-electron chi connectivity index (χ0n) is 13.2. The van der Waals surface area contributed by atoms with Crippen molar-refractivity contribution in [1.29, 1.82) is 0 Å². The van der Waals surface area contributed by atoms with Crippen LogP contribution in [0.3, 0.4) is 0 Å². The van der Waals surface area contributed by atoms with E-state index in [0.717, 1.165) is 44.8 Å². The number of aromatic nitrogens is 4. The standard InChI is InChI=1S/C20H14N4.Gd/c1-2-14-10-16-5-6-18(23-16)12-20-8-7-19(24-20)11-17-4-3-15(22-17)9-13(1)21-14;/h1-12,21,24H;. The molecule has 122 valence electrons. The van der Waals surface area contributed by atoms with Crippen molar-refractivity contribution in [3.05, 3.63) is 71.3 Å². The van der Waals surface area contributed by atoms with Crippen LogP contribution in [0.4, 0.5) is 0 Å². The van der Waals surface area contributed by atoms with Gasteiger partial charge in [-0.2, -0.15) is 0 Å². The van der Waals surface area contributed by atoms with E-state index in [1.165, 1.54) is 0 Å². The molecule has 3 aromatic rings. The molecular weight excluding hydrogens is 453 g/mol. The van der Waals surface area contributed by atoms with Gasteiger partial charge in [0.1, 0.15) is 0 Å². The molecule has 0 aromatic carbocycles. The van der Waals surface area contributed by atoms with Gasteiger partial charge >= 0.3 is 0 Å². The SMILES string of the molecule is C1=Cc2cc3ccc(cc4nc(cc5ccc(cc1n2)[nH]5)C=C4)[nH]3.[Gd]. The van der Waals surface area contributed by atoms with Crippen LogP contribution in [0.5, 0.6) is 0 Å². The van der Waals surface area contributed by atoms with Crippen molar-refractivity contribution in [3.63, 3.8) is 0 Å². The zero-order valence-corrected chi connectivity index (χ0v) is 15.4. The molecule has 0 saturated heterocycles. The molecule has 0 radical (unpaired) electrons. The second-order valence-corrected chi connectivity index (χ2v) is 5.91. The summed E-state index contributed by atoms with van der Waals surface area (Å²) >= 11 is 0. The van der Waals surface area contributed by atoms with Crippen LogP contribution in [0, 0.1) is 39.9 Å². The molecule has 3 aromatic heterocycles. The van der Waals surface area contributed by atoms with Gasteiger partial charge in [0.25, 0.3) is 0 Å². The predicted molar refractivity (Wildman–Crippen MR) is 98.9 cm³/mol. The third kappa shape index (κ3) is 3.49. The Labute approximate surface area is 176 Å². The number of nitrogens with zero attached hydrogens (tertiary/aromatic N) is 2. The Balaban J connectivity index is 0.00000157. The Bertz CT molecular complexity index is 990. The Morgan fingerprint density at radius 1 is 0.480 bits per heavy atom. The first kappa shape index (κ1) is 16.4. The average Bonchev–Trinajstić information content (AvgIpc) is 3.32. The van der Waals surface area contributed by atoms with Crippen LogP contribution in [0.2, 0.25) is 0 Å². The second kappa shape index (κ2) is 6.67. The normalized spacial score (nSPS) is 12.2. The Kier molecular flexibility index (Phi) is 4.38. The summed E-state index contributed by atoms with van der Waals surface area (Å²) in [6.07, 6.45) is 8.09. The molecule has 0 spiro atoms. The largest absolute Gasteiger partial charge is 0.355 e. The van der Waals surface area contributed by atoms with Gasteiger partial charge in [0.2, 0.25) is 0 Å². The van der Waals surface area contributed by atoms with Crippen molar-refractivity contribution in [2.75, 3.05) is 0 Å². The van der Waals surface area contributed by atoms with E-state index < -0.39 is 0 Å². The maximum absolute atomic E-state index is 4.63. The maximum Gasteiger partial charge on any atom is 0.0658 e. The van der Waals surface area contributed by atoms with Crippen LogP contribution >= 0.6 is 0 Å². The van der Waals surface area contributed by atoms with Crippen molar-refractivity contribution in [2.24, 2.45) is 0 Å². The molecule has 5 heterocycles. The minimum Gasteiger partial charge on any atom is -0.355 e. The van der Waals surface area contributed by atoms with Crippen LogP contribution < -0.4 is 0 Å². The van der Waals surface area contributed by atoms with Gasteiger partial charge < -0.3 is 9.97 Å². The summed E-state index contributed by atoms with van der Waals surface area (Å²) in [4.78, 5) is 16.0. The summed E-state index contributed by atoms with van der Waals surface area (Å²) in [5.74, 6) is 0. The predicted octanol–water partition coefficient (Wildman–Crippen LogP) is 4.66. The minimum absolute atomic E-state index is 0. The van der Waals surface area contributed by atoms with E-state index in [9.17, 15) is 0 Å². The van der Waals surface area contributed by atoms with Crippen molar-refractivity contribution < 1.29 is 39.9 Å². The summed E-state index contributed by atoms with van der Waals surface area (Å²) < 4.78 is 0. The summed E-state index contributed by atoms with van der Waals surface area (Å²) in [7, 11) is 0. The average molecular weight is 468 g/mol. The summed E-state index contributed by atoms with van der Waals surface area (Å²) in [5, 5.41) is 0. The molecule has 4 nitrogen and oxygen atoms in total. The van der Waals surface area contributed by atoms with Gasteiger partial charge in [-0.15, -0.1) is 0 Å². The van der Waals surface area contributed by atoms with E-state index in [1.807, 2.05) is 48.6 Å². The topological polar surface area (TPSA) is 57.4 Å². The molecule has 0 saturated carbocycles. The molecule has 0 fully saturated rings. The van der Waals surface area contributed by atoms with Crippen molar-refractivity contribution in [2.45, 2.75) is 0 Å². The van der Waals surface area contributed by atoms with Gasteiger partial charge in [0, 0.05) is 62.0 Å². The van der Waals surface area contributed by atoms with Gasteiger partial charge in [-0.25, -0.2) is 9.97 Å². The number of hydrogen-bond donors (Lipinski definition) is 2. The molecule has 0 amide bonds. The fourth-order valence-corrected chi connectivity index (χ4v) is 2.94. The quantitative estimate of drug-likeness (QED) is 0.348. The van der Waals surface area contributed by atoms with E-state index in [2.05, 4.69) is 44.2 Å². The van der Waals surface area contributed by atoms with Gasteiger partial charge in [-0.3, -0.25) is 0 Å². The Morgan fingerprint density at radius 3 is 1.04 bits per heavy atom.